The summed E-state index contributed by atoms with van der Waals surface area (Å²) in [7, 11) is 0. The molecule has 16 heavy (non-hydrogen) atoms. The van der Waals surface area contributed by atoms with Crippen LogP contribution in [0.25, 0.3) is 27.8 Å². The van der Waals surface area contributed by atoms with Crippen molar-refractivity contribution in [2.45, 2.75) is 0 Å². The Balaban J connectivity index is 2.44. The van der Waals surface area contributed by atoms with Crippen LogP contribution in [0.2, 0.25) is 0 Å². The van der Waals surface area contributed by atoms with Gasteiger partial charge >= 0.3 is 0 Å². The Bertz CT molecular complexity index is 694. The molecule has 3 rings (SSSR count). The maximum absolute atomic E-state index is 13.0. The Morgan fingerprint density at radius 1 is 1.00 bits per heavy atom. The highest BCUT2D eigenvalue weighted by atomic mass is 19.1. The van der Waals surface area contributed by atoms with E-state index in [2.05, 4.69) is 6.58 Å². The van der Waals surface area contributed by atoms with E-state index < -0.39 is 5.83 Å². The molecular formula is C14H9FO. The van der Waals surface area contributed by atoms with Gasteiger partial charge in [0.05, 0.1) is 0 Å². The van der Waals surface area contributed by atoms with Gasteiger partial charge in [0.2, 0.25) is 0 Å². The minimum atomic E-state index is -0.424. The van der Waals surface area contributed by atoms with Crippen LogP contribution in [0, 0.1) is 0 Å². The van der Waals surface area contributed by atoms with Crippen molar-refractivity contribution >= 4 is 27.8 Å². The van der Waals surface area contributed by atoms with Crippen LogP contribution in [0.1, 0.15) is 5.56 Å². The summed E-state index contributed by atoms with van der Waals surface area (Å²) >= 11 is 0. The molecule has 1 heterocycles. The van der Waals surface area contributed by atoms with Crippen molar-refractivity contribution in [3.05, 3.63) is 54.6 Å². The molecule has 0 fully saturated rings. The molecule has 0 spiro atoms. The zero-order valence-electron chi connectivity index (χ0n) is 8.53. The SMILES string of the molecule is C=C(F)c1ccc2oc3ccccc3c2c1. The molecular weight excluding hydrogens is 203 g/mol. The topological polar surface area (TPSA) is 13.1 Å². The van der Waals surface area contributed by atoms with Gasteiger partial charge in [0.25, 0.3) is 0 Å². The van der Waals surface area contributed by atoms with Crippen molar-refractivity contribution in [2.24, 2.45) is 0 Å². The lowest BCUT2D eigenvalue weighted by molar-refractivity contribution is 0.669. The zero-order chi connectivity index (χ0) is 11.1. The van der Waals surface area contributed by atoms with Gasteiger partial charge in [0.1, 0.15) is 17.0 Å². The summed E-state index contributed by atoms with van der Waals surface area (Å²) in [6.45, 7) is 3.30. The standard InChI is InChI=1S/C14H9FO/c1-9(15)10-6-7-14-12(8-10)11-4-2-3-5-13(11)16-14/h2-8H,1H2. The minimum Gasteiger partial charge on any atom is -0.456 e. The molecule has 0 atom stereocenters. The largest absolute Gasteiger partial charge is 0.456 e. The van der Waals surface area contributed by atoms with Crippen LogP contribution in [-0.4, -0.2) is 0 Å². The summed E-state index contributed by atoms with van der Waals surface area (Å²) < 4.78 is 18.7. The second-order valence-electron chi connectivity index (χ2n) is 3.71. The third kappa shape index (κ3) is 1.23. The fourth-order valence-corrected chi connectivity index (χ4v) is 1.89. The third-order valence-electron chi connectivity index (χ3n) is 2.69. The van der Waals surface area contributed by atoms with Crippen LogP contribution in [0.4, 0.5) is 4.39 Å². The van der Waals surface area contributed by atoms with E-state index >= 15 is 0 Å². The molecule has 0 unspecified atom stereocenters. The van der Waals surface area contributed by atoms with Crippen LogP contribution in [0.3, 0.4) is 0 Å². The number of hydrogen-bond donors (Lipinski definition) is 0. The van der Waals surface area contributed by atoms with Gasteiger partial charge in [-0.15, -0.1) is 0 Å². The summed E-state index contributed by atoms with van der Waals surface area (Å²) in [5, 5.41) is 1.92. The van der Waals surface area contributed by atoms with E-state index in [0.29, 0.717) is 5.56 Å². The van der Waals surface area contributed by atoms with Crippen molar-refractivity contribution < 1.29 is 8.81 Å². The van der Waals surface area contributed by atoms with Gasteiger partial charge in [-0.05, 0) is 24.3 Å². The van der Waals surface area contributed by atoms with Crippen molar-refractivity contribution in [1.82, 2.24) is 0 Å². The predicted molar refractivity (Wildman–Crippen MR) is 63.9 cm³/mol. The second-order valence-corrected chi connectivity index (χ2v) is 3.71. The third-order valence-corrected chi connectivity index (χ3v) is 2.69. The molecule has 0 N–H and O–H groups in total. The zero-order valence-corrected chi connectivity index (χ0v) is 8.53. The average Bonchev–Trinajstić information content (AvgIpc) is 2.66. The highest BCUT2D eigenvalue weighted by Crippen LogP contribution is 2.30. The smallest absolute Gasteiger partial charge is 0.135 e. The quantitative estimate of drug-likeness (QED) is 0.577. The van der Waals surface area contributed by atoms with E-state index in [4.69, 9.17) is 4.42 Å². The fourth-order valence-electron chi connectivity index (χ4n) is 1.89. The molecule has 0 saturated heterocycles. The molecule has 2 aromatic carbocycles. The summed E-state index contributed by atoms with van der Waals surface area (Å²) in [5.74, 6) is -0.424. The van der Waals surface area contributed by atoms with Gasteiger partial charge in [-0.25, -0.2) is 4.39 Å². The van der Waals surface area contributed by atoms with Crippen LogP contribution < -0.4 is 0 Å². The van der Waals surface area contributed by atoms with Gasteiger partial charge < -0.3 is 4.42 Å². The summed E-state index contributed by atoms with van der Waals surface area (Å²) in [4.78, 5) is 0. The van der Waals surface area contributed by atoms with E-state index in [1.807, 2.05) is 24.3 Å². The first kappa shape index (κ1) is 9.16. The Morgan fingerprint density at radius 2 is 1.75 bits per heavy atom. The number of rotatable bonds is 1. The van der Waals surface area contributed by atoms with Crippen LogP contribution in [0.15, 0.2) is 53.5 Å². The Kier molecular flexibility index (Phi) is 1.83. The number of furan rings is 1. The molecule has 0 saturated carbocycles. The summed E-state index contributed by atoms with van der Waals surface area (Å²) in [5.41, 5.74) is 2.09. The van der Waals surface area contributed by atoms with Gasteiger partial charge in [-0.2, -0.15) is 0 Å². The fraction of sp³-hybridized carbons (Fsp3) is 0. The van der Waals surface area contributed by atoms with Crippen molar-refractivity contribution in [3.63, 3.8) is 0 Å². The van der Waals surface area contributed by atoms with Crippen LogP contribution in [-0.2, 0) is 0 Å². The van der Waals surface area contributed by atoms with Gasteiger partial charge in [-0.1, -0.05) is 24.8 Å². The van der Waals surface area contributed by atoms with Gasteiger partial charge in [0.15, 0.2) is 0 Å². The first-order valence-electron chi connectivity index (χ1n) is 5.02. The molecule has 0 amide bonds. The number of hydrogen-bond acceptors (Lipinski definition) is 1. The summed E-state index contributed by atoms with van der Waals surface area (Å²) in [6.07, 6.45) is 0. The van der Waals surface area contributed by atoms with Crippen LogP contribution >= 0.6 is 0 Å². The number of fused-ring (bicyclic) bond motifs is 3. The van der Waals surface area contributed by atoms with Gasteiger partial charge in [-0.3, -0.25) is 0 Å². The van der Waals surface area contributed by atoms with E-state index in [0.717, 1.165) is 21.9 Å². The number of para-hydroxylation sites is 1. The maximum Gasteiger partial charge on any atom is 0.135 e. The first-order chi connectivity index (χ1) is 7.75. The Labute approximate surface area is 91.8 Å². The highest BCUT2D eigenvalue weighted by molar-refractivity contribution is 6.05. The number of benzene rings is 2. The molecule has 2 heteroatoms. The van der Waals surface area contributed by atoms with Crippen LogP contribution in [0.5, 0.6) is 0 Å². The minimum absolute atomic E-state index is 0.424. The Morgan fingerprint density at radius 3 is 2.56 bits per heavy atom. The molecule has 1 nitrogen and oxygen atoms in total. The molecule has 78 valence electrons. The van der Waals surface area contributed by atoms with Gasteiger partial charge in [0, 0.05) is 16.3 Å². The van der Waals surface area contributed by atoms with E-state index in [1.54, 1.807) is 18.2 Å². The highest BCUT2D eigenvalue weighted by Gasteiger charge is 2.07. The average molecular weight is 212 g/mol. The van der Waals surface area contributed by atoms with Crippen molar-refractivity contribution in [2.75, 3.05) is 0 Å². The second kappa shape index (κ2) is 3.20. The van der Waals surface area contributed by atoms with E-state index in [-0.39, 0.29) is 0 Å². The van der Waals surface area contributed by atoms with E-state index in [9.17, 15) is 4.39 Å². The lowest BCUT2D eigenvalue weighted by atomic mass is 10.1. The lowest BCUT2D eigenvalue weighted by Crippen LogP contribution is -1.75. The van der Waals surface area contributed by atoms with E-state index in [1.165, 1.54) is 0 Å². The molecule has 1 aromatic heterocycles. The molecule has 0 bridgehead atoms. The molecule has 0 aliphatic carbocycles. The molecule has 0 radical (unpaired) electrons. The van der Waals surface area contributed by atoms with Crippen molar-refractivity contribution in [3.8, 4) is 0 Å². The Hall–Kier alpha value is -2.09. The monoisotopic (exact) mass is 212 g/mol. The molecule has 0 aliphatic rings. The summed E-state index contributed by atoms with van der Waals surface area (Å²) in [6, 6.07) is 12.9. The molecule has 0 aliphatic heterocycles. The normalized spacial score (nSPS) is 11.1. The first-order valence-corrected chi connectivity index (χ1v) is 5.02. The number of halogens is 1. The maximum atomic E-state index is 13.0. The van der Waals surface area contributed by atoms with Crippen molar-refractivity contribution in [1.29, 1.82) is 0 Å². The molecule has 3 aromatic rings. The lowest BCUT2D eigenvalue weighted by Gasteiger charge is -1.95. The predicted octanol–water partition coefficient (Wildman–Crippen LogP) is 4.53.